The van der Waals surface area contributed by atoms with Crippen molar-refractivity contribution in [2.75, 3.05) is 18.4 Å². The fourth-order valence-corrected chi connectivity index (χ4v) is 2.50. The van der Waals surface area contributed by atoms with Gasteiger partial charge >= 0.3 is 12.2 Å². The molecule has 122 valence electrons. The summed E-state index contributed by atoms with van der Waals surface area (Å²) >= 11 is 0. The van der Waals surface area contributed by atoms with Crippen LogP contribution in [0.5, 0.6) is 0 Å². The van der Waals surface area contributed by atoms with Crippen LogP contribution in [0.1, 0.15) is 18.0 Å². The van der Waals surface area contributed by atoms with Crippen LogP contribution in [0.4, 0.5) is 23.7 Å². The van der Waals surface area contributed by atoms with Crippen LogP contribution in [0.15, 0.2) is 36.7 Å². The number of halogens is 3. The van der Waals surface area contributed by atoms with E-state index in [0.717, 1.165) is 18.6 Å². The summed E-state index contributed by atoms with van der Waals surface area (Å²) in [7, 11) is 0. The second-order valence-corrected chi connectivity index (χ2v) is 5.28. The first-order valence-electron chi connectivity index (χ1n) is 7.02. The van der Waals surface area contributed by atoms with Crippen molar-refractivity contribution < 1.29 is 18.0 Å². The molecule has 1 aromatic heterocycles. The Balaban J connectivity index is 1.59. The Morgan fingerprint density at radius 1 is 1.26 bits per heavy atom. The fraction of sp³-hybridized carbons (Fsp3) is 0.357. The molecule has 1 N–H and O–H groups in total. The minimum absolute atomic E-state index is 0.0656. The number of amides is 2. The van der Waals surface area contributed by atoms with E-state index in [0.29, 0.717) is 18.8 Å². The molecule has 6 nitrogen and oxygen atoms in total. The standard InChI is InChI=1S/C14H14F3N5O/c15-14(16,17)10-1-3-11(4-2-10)19-13(23)21-7-5-12(9-21)22-8-6-18-20-22/h1-4,6,8,12H,5,7,9H2,(H,19,23). The molecule has 2 aromatic rings. The van der Waals surface area contributed by atoms with Crippen LogP contribution in [0.2, 0.25) is 0 Å². The molecule has 0 spiro atoms. The van der Waals surface area contributed by atoms with E-state index < -0.39 is 11.7 Å². The SMILES string of the molecule is O=C(Nc1ccc(C(F)(F)F)cc1)N1CCC(n2ccnn2)C1. The lowest BCUT2D eigenvalue weighted by Gasteiger charge is -2.17. The summed E-state index contributed by atoms with van der Waals surface area (Å²) in [4.78, 5) is 13.8. The Morgan fingerprint density at radius 3 is 2.61 bits per heavy atom. The van der Waals surface area contributed by atoms with Gasteiger partial charge in [0.05, 0.1) is 17.8 Å². The number of anilines is 1. The van der Waals surface area contributed by atoms with Crippen molar-refractivity contribution in [1.29, 1.82) is 0 Å². The third-order valence-electron chi connectivity index (χ3n) is 3.73. The molecule has 0 bridgehead atoms. The lowest BCUT2D eigenvalue weighted by Crippen LogP contribution is -2.33. The number of carbonyl (C=O) groups is 1. The van der Waals surface area contributed by atoms with Crippen LogP contribution in [0.3, 0.4) is 0 Å². The zero-order chi connectivity index (χ0) is 16.4. The van der Waals surface area contributed by atoms with E-state index in [4.69, 9.17) is 0 Å². The van der Waals surface area contributed by atoms with E-state index >= 15 is 0 Å². The molecule has 2 heterocycles. The highest BCUT2D eigenvalue weighted by Crippen LogP contribution is 2.30. The molecule has 1 aliphatic heterocycles. The minimum atomic E-state index is -4.39. The summed E-state index contributed by atoms with van der Waals surface area (Å²) in [5.41, 5.74) is -0.421. The summed E-state index contributed by atoms with van der Waals surface area (Å²) in [6.45, 7) is 1.03. The van der Waals surface area contributed by atoms with Crippen LogP contribution in [0.25, 0.3) is 0 Å². The second-order valence-electron chi connectivity index (χ2n) is 5.28. The summed E-state index contributed by atoms with van der Waals surface area (Å²) < 4.78 is 39.2. The molecule has 1 atom stereocenters. The van der Waals surface area contributed by atoms with E-state index in [1.807, 2.05) is 0 Å². The summed E-state index contributed by atoms with van der Waals surface area (Å²) in [5, 5.41) is 10.2. The molecule has 1 aliphatic rings. The van der Waals surface area contributed by atoms with Crippen molar-refractivity contribution in [2.24, 2.45) is 0 Å². The first-order chi connectivity index (χ1) is 10.9. The van der Waals surface area contributed by atoms with Gasteiger partial charge in [-0.1, -0.05) is 5.21 Å². The Kier molecular flexibility index (Phi) is 3.93. The lowest BCUT2D eigenvalue weighted by molar-refractivity contribution is -0.137. The highest BCUT2D eigenvalue weighted by Gasteiger charge is 2.30. The smallest absolute Gasteiger partial charge is 0.322 e. The highest BCUT2D eigenvalue weighted by atomic mass is 19.4. The normalized spacial score (nSPS) is 18.2. The number of nitrogens with zero attached hydrogens (tertiary/aromatic N) is 4. The van der Waals surface area contributed by atoms with Crippen LogP contribution >= 0.6 is 0 Å². The number of benzene rings is 1. The number of urea groups is 1. The second kappa shape index (κ2) is 5.90. The summed E-state index contributed by atoms with van der Waals surface area (Å²) in [5.74, 6) is 0. The third kappa shape index (κ3) is 3.43. The van der Waals surface area contributed by atoms with E-state index in [1.54, 1.807) is 22.0 Å². The number of hydrogen-bond donors (Lipinski definition) is 1. The van der Waals surface area contributed by atoms with Crippen molar-refractivity contribution in [1.82, 2.24) is 19.9 Å². The van der Waals surface area contributed by atoms with Gasteiger partial charge in [-0.2, -0.15) is 13.2 Å². The predicted octanol–water partition coefficient (Wildman–Crippen LogP) is 2.78. The van der Waals surface area contributed by atoms with E-state index in [9.17, 15) is 18.0 Å². The molecular weight excluding hydrogens is 311 g/mol. The highest BCUT2D eigenvalue weighted by molar-refractivity contribution is 5.89. The Bertz CT molecular complexity index is 669. The molecule has 3 rings (SSSR count). The zero-order valence-electron chi connectivity index (χ0n) is 12.0. The molecule has 1 aromatic carbocycles. The number of hydrogen-bond acceptors (Lipinski definition) is 3. The number of alkyl halides is 3. The number of rotatable bonds is 2. The summed E-state index contributed by atoms with van der Waals surface area (Å²) in [6, 6.07) is 4.09. The van der Waals surface area contributed by atoms with Gasteiger partial charge in [0.15, 0.2) is 0 Å². The van der Waals surface area contributed by atoms with Crippen molar-refractivity contribution in [2.45, 2.75) is 18.6 Å². The monoisotopic (exact) mass is 325 g/mol. The number of likely N-dealkylation sites (tertiary alicyclic amines) is 1. The van der Waals surface area contributed by atoms with Gasteiger partial charge in [-0.05, 0) is 30.7 Å². The van der Waals surface area contributed by atoms with Crippen molar-refractivity contribution in [3.8, 4) is 0 Å². The van der Waals surface area contributed by atoms with E-state index in [2.05, 4.69) is 15.6 Å². The maximum absolute atomic E-state index is 12.5. The van der Waals surface area contributed by atoms with Gasteiger partial charge in [-0.25, -0.2) is 9.48 Å². The van der Waals surface area contributed by atoms with Crippen molar-refractivity contribution in [3.63, 3.8) is 0 Å². The Morgan fingerprint density at radius 2 is 2.00 bits per heavy atom. The quantitative estimate of drug-likeness (QED) is 0.923. The van der Waals surface area contributed by atoms with Gasteiger partial charge in [0.1, 0.15) is 0 Å². The van der Waals surface area contributed by atoms with Crippen LogP contribution < -0.4 is 5.32 Å². The Labute approximate surface area is 129 Å². The molecule has 9 heteroatoms. The first kappa shape index (κ1) is 15.3. The minimum Gasteiger partial charge on any atom is -0.322 e. The summed E-state index contributed by atoms with van der Waals surface area (Å²) in [6.07, 6.45) is -0.320. The number of aromatic nitrogens is 3. The molecular formula is C14H14F3N5O. The average molecular weight is 325 g/mol. The molecule has 1 fully saturated rings. The molecule has 0 aliphatic carbocycles. The van der Waals surface area contributed by atoms with Gasteiger partial charge in [0, 0.05) is 25.0 Å². The molecule has 2 amide bonds. The topological polar surface area (TPSA) is 63.1 Å². The molecule has 1 unspecified atom stereocenters. The van der Waals surface area contributed by atoms with Crippen LogP contribution in [0, 0.1) is 0 Å². The maximum atomic E-state index is 12.5. The van der Waals surface area contributed by atoms with Gasteiger partial charge in [0.25, 0.3) is 0 Å². The maximum Gasteiger partial charge on any atom is 0.416 e. The number of nitrogens with one attached hydrogen (secondary N) is 1. The van der Waals surface area contributed by atoms with Crippen molar-refractivity contribution >= 4 is 11.7 Å². The average Bonchev–Trinajstić information content (AvgIpc) is 3.18. The van der Waals surface area contributed by atoms with Crippen LogP contribution in [-0.2, 0) is 6.18 Å². The van der Waals surface area contributed by atoms with Gasteiger partial charge in [-0.15, -0.1) is 5.10 Å². The van der Waals surface area contributed by atoms with Gasteiger partial charge < -0.3 is 10.2 Å². The molecule has 0 saturated carbocycles. The largest absolute Gasteiger partial charge is 0.416 e. The Hall–Kier alpha value is -2.58. The lowest BCUT2D eigenvalue weighted by atomic mass is 10.2. The van der Waals surface area contributed by atoms with Crippen LogP contribution in [-0.4, -0.2) is 39.0 Å². The van der Waals surface area contributed by atoms with E-state index in [1.165, 1.54) is 12.1 Å². The molecule has 0 radical (unpaired) electrons. The van der Waals surface area contributed by atoms with Crippen molar-refractivity contribution in [3.05, 3.63) is 42.2 Å². The predicted molar refractivity (Wildman–Crippen MR) is 75.7 cm³/mol. The first-order valence-corrected chi connectivity index (χ1v) is 7.02. The fourth-order valence-electron chi connectivity index (χ4n) is 2.50. The third-order valence-corrected chi connectivity index (χ3v) is 3.73. The van der Waals surface area contributed by atoms with Gasteiger partial charge in [-0.3, -0.25) is 0 Å². The van der Waals surface area contributed by atoms with E-state index in [-0.39, 0.29) is 12.1 Å². The number of carbonyl (C=O) groups excluding carboxylic acids is 1. The molecule has 1 saturated heterocycles. The zero-order valence-corrected chi connectivity index (χ0v) is 12.0. The molecule has 23 heavy (non-hydrogen) atoms. The van der Waals surface area contributed by atoms with Gasteiger partial charge in [0.2, 0.25) is 0 Å².